The standard InChI is InChI=1S/C15H13F2N3O3S2/c1-9-19-14-10(5-8-24-14)15(21)20(9)7-6-18-25(22,23)13-11(16)3-2-4-12(13)17/h2-5,8,18H,6-7H2,1H3. The number of sulfonamides is 1. The molecular formula is C15H13F2N3O3S2. The molecule has 132 valence electrons. The number of hydrogen-bond acceptors (Lipinski definition) is 5. The molecule has 0 aliphatic heterocycles. The van der Waals surface area contributed by atoms with E-state index in [1.165, 1.54) is 15.9 Å². The minimum absolute atomic E-state index is 0.0151. The second-order valence-electron chi connectivity index (χ2n) is 5.20. The van der Waals surface area contributed by atoms with E-state index in [-0.39, 0.29) is 18.6 Å². The molecule has 3 aromatic rings. The molecule has 0 spiro atoms. The monoisotopic (exact) mass is 385 g/mol. The van der Waals surface area contributed by atoms with Crippen LogP contribution in [0, 0.1) is 18.6 Å². The van der Waals surface area contributed by atoms with E-state index in [1.54, 1.807) is 18.4 Å². The highest BCUT2D eigenvalue weighted by Crippen LogP contribution is 2.18. The van der Waals surface area contributed by atoms with Crippen molar-refractivity contribution in [3.05, 3.63) is 57.5 Å². The third kappa shape index (κ3) is 3.32. The van der Waals surface area contributed by atoms with Crippen LogP contribution in [0.2, 0.25) is 0 Å². The van der Waals surface area contributed by atoms with Crippen LogP contribution in [0.15, 0.2) is 39.3 Å². The lowest BCUT2D eigenvalue weighted by Crippen LogP contribution is -2.33. The Morgan fingerprint density at radius 1 is 1.24 bits per heavy atom. The summed E-state index contributed by atoms with van der Waals surface area (Å²) in [6.45, 7) is 1.40. The summed E-state index contributed by atoms with van der Waals surface area (Å²) in [5.74, 6) is -1.93. The number of aryl methyl sites for hydroxylation is 1. The number of hydrogen-bond donors (Lipinski definition) is 1. The highest BCUT2D eigenvalue weighted by molar-refractivity contribution is 7.89. The summed E-state index contributed by atoms with van der Waals surface area (Å²) in [4.78, 5) is 16.2. The maximum atomic E-state index is 13.6. The molecule has 3 rings (SSSR count). The van der Waals surface area contributed by atoms with Gasteiger partial charge in [-0.05, 0) is 30.5 Å². The van der Waals surface area contributed by atoms with E-state index in [0.717, 1.165) is 18.2 Å². The molecule has 0 fully saturated rings. The molecule has 0 saturated heterocycles. The number of nitrogens with one attached hydrogen (secondary N) is 1. The van der Waals surface area contributed by atoms with Gasteiger partial charge in [-0.1, -0.05) is 6.07 Å². The van der Waals surface area contributed by atoms with Crippen LogP contribution < -0.4 is 10.3 Å². The van der Waals surface area contributed by atoms with Gasteiger partial charge < -0.3 is 0 Å². The fourth-order valence-corrected chi connectivity index (χ4v) is 4.37. The van der Waals surface area contributed by atoms with E-state index < -0.39 is 26.6 Å². The molecule has 1 N–H and O–H groups in total. The fourth-order valence-electron chi connectivity index (χ4n) is 2.42. The molecular weight excluding hydrogens is 372 g/mol. The van der Waals surface area contributed by atoms with E-state index >= 15 is 0 Å². The van der Waals surface area contributed by atoms with Crippen LogP contribution in [0.1, 0.15) is 5.82 Å². The van der Waals surface area contributed by atoms with Gasteiger partial charge in [0.2, 0.25) is 10.0 Å². The molecule has 0 radical (unpaired) electrons. The SMILES string of the molecule is Cc1nc2sccc2c(=O)n1CCNS(=O)(=O)c1c(F)cccc1F. The van der Waals surface area contributed by atoms with Crippen molar-refractivity contribution in [2.45, 2.75) is 18.4 Å². The smallest absolute Gasteiger partial charge is 0.262 e. The number of rotatable bonds is 5. The highest BCUT2D eigenvalue weighted by atomic mass is 32.2. The van der Waals surface area contributed by atoms with E-state index in [0.29, 0.717) is 16.0 Å². The van der Waals surface area contributed by atoms with Gasteiger partial charge in [0.25, 0.3) is 5.56 Å². The van der Waals surface area contributed by atoms with Crippen molar-refractivity contribution in [3.63, 3.8) is 0 Å². The van der Waals surface area contributed by atoms with Crippen LogP contribution in [-0.4, -0.2) is 24.5 Å². The summed E-state index contributed by atoms with van der Waals surface area (Å²) in [5, 5.41) is 2.19. The Balaban J connectivity index is 1.82. The molecule has 6 nitrogen and oxygen atoms in total. The quantitative estimate of drug-likeness (QED) is 0.729. The Kier molecular flexibility index (Phi) is 4.67. The topological polar surface area (TPSA) is 81.1 Å². The summed E-state index contributed by atoms with van der Waals surface area (Å²) in [5.41, 5.74) is -0.292. The van der Waals surface area contributed by atoms with Gasteiger partial charge in [0.1, 0.15) is 22.3 Å². The number of thiophene rings is 1. The Morgan fingerprint density at radius 2 is 1.92 bits per heavy atom. The Labute approximate surface area is 145 Å². The largest absolute Gasteiger partial charge is 0.295 e. The van der Waals surface area contributed by atoms with E-state index in [9.17, 15) is 22.0 Å². The molecule has 1 aromatic carbocycles. The summed E-state index contributed by atoms with van der Waals surface area (Å²) in [7, 11) is -4.38. The van der Waals surface area contributed by atoms with Crippen LogP contribution in [0.3, 0.4) is 0 Å². The Hall–Kier alpha value is -2.17. The first kappa shape index (κ1) is 17.6. The maximum Gasteiger partial charge on any atom is 0.262 e. The van der Waals surface area contributed by atoms with Crippen molar-refractivity contribution in [1.29, 1.82) is 0 Å². The zero-order valence-electron chi connectivity index (χ0n) is 13.0. The molecule has 10 heteroatoms. The van der Waals surface area contributed by atoms with Crippen LogP contribution in [-0.2, 0) is 16.6 Å². The molecule has 0 bridgehead atoms. The van der Waals surface area contributed by atoms with Crippen LogP contribution >= 0.6 is 11.3 Å². The van der Waals surface area contributed by atoms with Crippen molar-refractivity contribution in [3.8, 4) is 0 Å². The molecule has 0 unspecified atom stereocenters. The predicted octanol–water partition coefficient (Wildman–Crippen LogP) is 2.02. The second kappa shape index (κ2) is 6.62. The summed E-state index contributed by atoms with van der Waals surface area (Å²) >= 11 is 1.33. The molecule has 2 aromatic heterocycles. The molecule has 0 aliphatic rings. The van der Waals surface area contributed by atoms with Crippen molar-refractivity contribution in [1.82, 2.24) is 14.3 Å². The first-order valence-corrected chi connectivity index (χ1v) is 9.56. The van der Waals surface area contributed by atoms with Crippen molar-refractivity contribution in [2.75, 3.05) is 6.54 Å². The van der Waals surface area contributed by atoms with Crippen molar-refractivity contribution < 1.29 is 17.2 Å². The number of halogens is 2. The summed E-state index contributed by atoms with van der Waals surface area (Å²) < 4.78 is 54.9. The lowest BCUT2D eigenvalue weighted by molar-refractivity contribution is 0.511. The lowest BCUT2D eigenvalue weighted by Gasteiger charge is -2.11. The number of aromatic nitrogens is 2. The normalized spacial score (nSPS) is 12.0. The van der Waals surface area contributed by atoms with Crippen LogP contribution in [0.25, 0.3) is 10.2 Å². The number of nitrogens with zero attached hydrogens (tertiary/aromatic N) is 2. The zero-order valence-corrected chi connectivity index (χ0v) is 14.6. The molecule has 0 aliphatic carbocycles. The average molecular weight is 385 g/mol. The first-order valence-electron chi connectivity index (χ1n) is 7.19. The van der Waals surface area contributed by atoms with Gasteiger partial charge in [-0.3, -0.25) is 9.36 Å². The van der Waals surface area contributed by atoms with Crippen LogP contribution in [0.4, 0.5) is 8.78 Å². The third-order valence-corrected chi connectivity index (χ3v) is 5.91. The van der Waals surface area contributed by atoms with Gasteiger partial charge in [0, 0.05) is 13.1 Å². The van der Waals surface area contributed by atoms with Gasteiger partial charge in [-0.2, -0.15) is 0 Å². The molecule has 0 atom stereocenters. The number of fused-ring (bicyclic) bond motifs is 1. The lowest BCUT2D eigenvalue weighted by atomic mass is 10.3. The van der Waals surface area contributed by atoms with Gasteiger partial charge >= 0.3 is 0 Å². The molecule has 0 saturated carbocycles. The first-order chi connectivity index (χ1) is 11.8. The number of benzene rings is 1. The van der Waals surface area contributed by atoms with Gasteiger partial charge in [0.15, 0.2) is 4.90 Å². The van der Waals surface area contributed by atoms with Crippen molar-refractivity contribution in [2.24, 2.45) is 0 Å². The highest BCUT2D eigenvalue weighted by Gasteiger charge is 2.23. The third-order valence-electron chi connectivity index (χ3n) is 3.59. The zero-order chi connectivity index (χ0) is 18.2. The van der Waals surface area contributed by atoms with E-state index in [4.69, 9.17) is 0 Å². The molecule has 0 amide bonds. The Morgan fingerprint density at radius 3 is 2.60 bits per heavy atom. The van der Waals surface area contributed by atoms with Gasteiger partial charge in [0.05, 0.1) is 5.39 Å². The molecule has 25 heavy (non-hydrogen) atoms. The maximum absolute atomic E-state index is 13.6. The van der Waals surface area contributed by atoms with Gasteiger partial charge in [-0.25, -0.2) is 26.9 Å². The summed E-state index contributed by atoms with van der Waals surface area (Å²) in [6.07, 6.45) is 0. The molecule has 2 heterocycles. The predicted molar refractivity (Wildman–Crippen MR) is 90.2 cm³/mol. The summed E-state index contributed by atoms with van der Waals surface area (Å²) in [6, 6.07) is 4.44. The van der Waals surface area contributed by atoms with Crippen molar-refractivity contribution >= 4 is 31.6 Å². The van der Waals surface area contributed by atoms with E-state index in [1.807, 2.05) is 0 Å². The van der Waals surface area contributed by atoms with E-state index in [2.05, 4.69) is 9.71 Å². The average Bonchev–Trinajstić information content (AvgIpc) is 2.98. The fraction of sp³-hybridized carbons (Fsp3) is 0.200. The van der Waals surface area contributed by atoms with Crippen LogP contribution in [0.5, 0.6) is 0 Å². The Bertz CT molecular complexity index is 1090. The minimum Gasteiger partial charge on any atom is -0.295 e. The minimum atomic E-state index is -4.38. The second-order valence-corrected chi connectivity index (χ2v) is 7.80. The van der Waals surface area contributed by atoms with Gasteiger partial charge in [-0.15, -0.1) is 11.3 Å².